The number of hydrogen-bond acceptors (Lipinski definition) is 4. The van der Waals surface area contributed by atoms with E-state index in [0.717, 1.165) is 17.0 Å². The molecule has 3 amide bonds. The van der Waals surface area contributed by atoms with E-state index in [0.29, 0.717) is 11.8 Å². The van der Waals surface area contributed by atoms with E-state index in [1.54, 1.807) is 0 Å². The van der Waals surface area contributed by atoms with Crippen molar-refractivity contribution in [3.63, 3.8) is 0 Å². The van der Waals surface area contributed by atoms with Gasteiger partial charge in [0.1, 0.15) is 11.6 Å². The van der Waals surface area contributed by atoms with Gasteiger partial charge in [-0.1, -0.05) is 29.6 Å². The summed E-state index contributed by atoms with van der Waals surface area (Å²) in [5, 5.41) is 8.59. The quantitative estimate of drug-likeness (QED) is 0.829. The molecule has 4 atom stereocenters. The van der Waals surface area contributed by atoms with Gasteiger partial charge in [-0.2, -0.15) is 5.10 Å². The molecule has 3 rings (SSSR count). The Morgan fingerprint density at radius 1 is 1.36 bits per heavy atom. The van der Waals surface area contributed by atoms with Gasteiger partial charge in [0, 0.05) is 6.04 Å². The summed E-state index contributed by atoms with van der Waals surface area (Å²) in [6, 6.07) is -0.553. The summed E-state index contributed by atoms with van der Waals surface area (Å²) in [6.07, 6.45) is 6.10. The first-order chi connectivity index (χ1) is 11.8. The van der Waals surface area contributed by atoms with Crippen molar-refractivity contribution in [1.82, 2.24) is 20.4 Å². The predicted octanol–water partition coefficient (Wildman–Crippen LogP) is 2.20. The Balaban J connectivity index is 1.52. The SMILES string of the molecule is C[C@H](NC(=O)NC(=O)Cn1ncc(Cl)c(Cl)c1=O)[C@H]1C[C@H]2CC[C@H]1C2. The summed E-state index contributed by atoms with van der Waals surface area (Å²) >= 11 is 11.4. The lowest BCUT2D eigenvalue weighted by Gasteiger charge is -2.28. The van der Waals surface area contributed by atoms with E-state index in [4.69, 9.17) is 23.2 Å². The van der Waals surface area contributed by atoms with E-state index in [2.05, 4.69) is 15.7 Å². The third-order valence-corrected chi connectivity index (χ3v) is 6.03. The molecule has 1 aromatic heterocycles. The largest absolute Gasteiger partial charge is 0.335 e. The lowest BCUT2D eigenvalue weighted by Crippen LogP contribution is -2.48. The van der Waals surface area contributed by atoms with E-state index >= 15 is 0 Å². The van der Waals surface area contributed by atoms with Crippen LogP contribution in [-0.4, -0.2) is 27.8 Å². The highest BCUT2D eigenvalue weighted by atomic mass is 35.5. The van der Waals surface area contributed by atoms with Crippen molar-refractivity contribution in [2.24, 2.45) is 17.8 Å². The fourth-order valence-electron chi connectivity index (χ4n) is 4.12. The standard InChI is InChI=1S/C16H20Cl2N4O3/c1-8(11-5-9-2-3-10(11)4-9)20-16(25)21-13(23)7-22-15(24)14(18)12(17)6-19-22/h6,8-11H,2-5,7H2,1H3,(H2,20,21,23,25)/t8-,9-,10-,11+/m0/s1. The molecule has 136 valence electrons. The highest BCUT2D eigenvalue weighted by Gasteiger charge is 2.42. The number of carbonyl (C=O) groups excluding carboxylic acids is 2. The van der Waals surface area contributed by atoms with Crippen molar-refractivity contribution in [3.05, 3.63) is 26.6 Å². The Hall–Kier alpha value is -1.60. The van der Waals surface area contributed by atoms with Crippen LogP contribution >= 0.6 is 23.2 Å². The number of rotatable bonds is 4. The van der Waals surface area contributed by atoms with Gasteiger partial charge in [-0.25, -0.2) is 9.48 Å². The molecule has 2 aliphatic rings. The topological polar surface area (TPSA) is 93.1 Å². The highest BCUT2D eigenvalue weighted by Crippen LogP contribution is 2.49. The van der Waals surface area contributed by atoms with Crippen molar-refractivity contribution < 1.29 is 9.59 Å². The van der Waals surface area contributed by atoms with Crippen LogP contribution < -0.4 is 16.2 Å². The van der Waals surface area contributed by atoms with E-state index in [1.807, 2.05) is 6.92 Å². The van der Waals surface area contributed by atoms with Gasteiger partial charge in [0.05, 0.1) is 11.2 Å². The summed E-state index contributed by atoms with van der Waals surface area (Å²) in [5.41, 5.74) is -0.680. The number of imide groups is 1. The number of fused-ring (bicyclic) bond motifs is 2. The molecule has 2 fully saturated rings. The minimum absolute atomic E-state index is 0.00826. The monoisotopic (exact) mass is 386 g/mol. The molecule has 2 bridgehead atoms. The number of nitrogens with zero attached hydrogens (tertiary/aromatic N) is 2. The van der Waals surface area contributed by atoms with E-state index in [9.17, 15) is 14.4 Å². The molecule has 2 N–H and O–H groups in total. The predicted molar refractivity (Wildman–Crippen MR) is 93.6 cm³/mol. The Morgan fingerprint density at radius 2 is 2.12 bits per heavy atom. The van der Waals surface area contributed by atoms with Crippen molar-refractivity contribution in [1.29, 1.82) is 0 Å². The molecule has 0 aliphatic heterocycles. The highest BCUT2D eigenvalue weighted by molar-refractivity contribution is 6.41. The smallest absolute Gasteiger partial charge is 0.321 e. The molecule has 7 nitrogen and oxygen atoms in total. The average Bonchev–Trinajstić information content (AvgIpc) is 3.18. The second-order valence-corrected chi connectivity index (χ2v) is 7.70. The normalized spacial score (nSPS) is 25.6. The van der Waals surface area contributed by atoms with Crippen molar-refractivity contribution in [2.75, 3.05) is 0 Å². The fraction of sp³-hybridized carbons (Fsp3) is 0.625. The van der Waals surface area contributed by atoms with Gasteiger partial charge in [0.15, 0.2) is 0 Å². The minimum atomic E-state index is -0.680. The van der Waals surface area contributed by atoms with Crippen LogP contribution in [-0.2, 0) is 11.3 Å². The van der Waals surface area contributed by atoms with Gasteiger partial charge in [0.2, 0.25) is 5.91 Å². The first-order valence-electron chi connectivity index (χ1n) is 8.36. The van der Waals surface area contributed by atoms with Gasteiger partial charge in [0.25, 0.3) is 5.56 Å². The number of urea groups is 1. The Bertz CT molecular complexity index is 751. The third kappa shape index (κ3) is 3.98. The number of nitrogens with one attached hydrogen (secondary N) is 2. The first kappa shape index (κ1) is 18.2. The van der Waals surface area contributed by atoms with Crippen LogP contribution in [0.4, 0.5) is 4.79 Å². The van der Waals surface area contributed by atoms with Crippen LogP contribution in [0.15, 0.2) is 11.0 Å². The minimum Gasteiger partial charge on any atom is -0.335 e. The number of aromatic nitrogens is 2. The molecule has 25 heavy (non-hydrogen) atoms. The maximum Gasteiger partial charge on any atom is 0.321 e. The van der Waals surface area contributed by atoms with E-state index in [-0.39, 0.29) is 16.1 Å². The number of halogens is 2. The lowest BCUT2D eigenvalue weighted by atomic mass is 9.84. The second kappa shape index (κ2) is 7.33. The van der Waals surface area contributed by atoms with Crippen LogP contribution in [0.25, 0.3) is 0 Å². The van der Waals surface area contributed by atoms with Gasteiger partial charge >= 0.3 is 6.03 Å². The third-order valence-electron chi connectivity index (χ3n) is 5.28. The van der Waals surface area contributed by atoms with Gasteiger partial charge < -0.3 is 5.32 Å². The molecular formula is C16H20Cl2N4O3. The molecule has 0 saturated heterocycles. The maximum atomic E-state index is 12.0. The zero-order valence-corrected chi connectivity index (χ0v) is 15.3. The van der Waals surface area contributed by atoms with Crippen LogP contribution in [0.3, 0.4) is 0 Å². The van der Waals surface area contributed by atoms with Gasteiger partial charge in [-0.3, -0.25) is 14.9 Å². The molecule has 1 heterocycles. The molecular weight excluding hydrogens is 367 g/mol. The van der Waals surface area contributed by atoms with Crippen LogP contribution in [0.2, 0.25) is 10.0 Å². The Morgan fingerprint density at radius 3 is 2.76 bits per heavy atom. The summed E-state index contributed by atoms with van der Waals surface area (Å²) in [5.74, 6) is 1.29. The van der Waals surface area contributed by atoms with Crippen LogP contribution in [0.5, 0.6) is 0 Å². The Labute approximate surface area is 155 Å². The molecule has 2 aliphatic carbocycles. The van der Waals surface area contributed by atoms with E-state index < -0.39 is 24.0 Å². The molecule has 0 aromatic carbocycles. The van der Waals surface area contributed by atoms with Crippen molar-refractivity contribution in [3.8, 4) is 0 Å². The van der Waals surface area contributed by atoms with Crippen LogP contribution in [0.1, 0.15) is 32.6 Å². The van der Waals surface area contributed by atoms with Crippen molar-refractivity contribution >= 4 is 35.1 Å². The zero-order chi connectivity index (χ0) is 18.1. The maximum absolute atomic E-state index is 12.0. The molecule has 2 saturated carbocycles. The first-order valence-corrected chi connectivity index (χ1v) is 9.12. The number of hydrogen-bond donors (Lipinski definition) is 2. The van der Waals surface area contributed by atoms with Crippen LogP contribution in [0, 0.1) is 17.8 Å². The number of carbonyl (C=O) groups is 2. The lowest BCUT2D eigenvalue weighted by molar-refractivity contribution is -0.120. The summed E-state index contributed by atoms with van der Waals surface area (Å²) in [7, 11) is 0. The second-order valence-electron chi connectivity index (χ2n) is 6.92. The van der Waals surface area contributed by atoms with Gasteiger partial charge in [-0.05, 0) is 43.9 Å². The molecule has 1 aromatic rings. The van der Waals surface area contributed by atoms with E-state index in [1.165, 1.54) is 25.5 Å². The molecule has 0 spiro atoms. The molecule has 0 unspecified atom stereocenters. The Kier molecular flexibility index (Phi) is 5.34. The van der Waals surface area contributed by atoms with Crippen molar-refractivity contribution in [2.45, 2.75) is 45.2 Å². The summed E-state index contributed by atoms with van der Waals surface area (Å²) in [4.78, 5) is 35.8. The van der Waals surface area contributed by atoms with Gasteiger partial charge in [-0.15, -0.1) is 0 Å². The zero-order valence-electron chi connectivity index (χ0n) is 13.8. The molecule has 0 radical (unpaired) electrons. The summed E-state index contributed by atoms with van der Waals surface area (Å²) < 4.78 is 0.857. The summed E-state index contributed by atoms with van der Waals surface area (Å²) in [6.45, 7) is 1.56. The number of amides is 3. The molecule has 9 heteroatoms. The fourth-order valence-corrected chi connectivity index (χ4v) is 4.39. The average molecular weight is 387 g/mol.